The number of ether oxygens (including phenoxy) is 2. The number of ketones is 1. The Hall–Kier alpha value is -2.49. The maximum absolute atomic E-state index is 14.5. The number of fused-ring (bicyclic) bond motifs is 3. The molecule has 3 aliphatic carbocycles. The summed E-state index contributed by atoms with van der Waals surface area (Å²) in [4.78, 5) is 26.9. The van der Waals surface area contributed by atoms with Crippen LogP contribution in [0.2, 0.25) is 0 Å². The zero-order valence-electron chi connectivity index (χ0n) is 23.0. The fourth-order valence-electron chi connectivity index (χ4n) is 7.25. The standard InChI is InChI=1S/C30H37F3O6/c1-7-26(4)13-14-28(37)19(17-26)20(34)15-21-25(2,3)23(16-22(35)27(21,28)5)39-24(36)29(38-6,30(31,32)33)18-11-9-8-10-12-18/h7-12,17,21-23,35,37H,1,13-16H2,2-6H3/t21-,22+,23-,26-,27+,28+,29-/m0/s1. The molecule has 9 heteroatoms. The molecule has 0 radical (unpaired) electrons. The van der Waals surface area contributed by atoms with E-state index in [1.165, 1.54) is 18.2 Å². The zero-order chi connectivity index (χ0) is 29.2. The Balaban J connectivity index is 1.74. The van der Waals surface area contributed by atoms with E-state index in [-0.39, 0.29) is 30.6 Å². The lowest BCUT2D eigenvalue weighted by Crippen LogP contribution is -2.71. The number of benzene rings is 1. The molecule has 0 bridgehead atoms. The first-order chi connectivity index (χ1) is 17.9. The normalized spacial score (nSPS) is 37.5. The molecule has 2 N–H and O–H groups in total. The third-order valence-corrected chi connectivity index (χ3v) is 10.00. The lowest BCUT2D eigenvalue weighted by Gasteiger charge is -2.65. The number of methoxy groups -OCH3 is 1. The first-order valence-electron chi connectivity index (χ1n) is 13.1. The molecule has 4 rings (SSSR count). The third kappa shape index (κ3) is 4.03. The SMILES string of the molecule is C=C[C@]1(C)C=C2C(=O)C[C@H]3C(C)(C)[C@@H](OC(=O)[C@@](OC)(c4ccccc4)C(F)(F)F)C[C@@H](O)[C@]3(C)[C@@]2(O)CC1. The lowest BCUT2D eigenvalue weighted by molar-refractivity contribution is -0.287. The van der Waals surface area contributed by atoms with Gasteiger partial charge in [-0.05, 0) is 18.8 Å². The number of allylic oxidation sites excluding steroid dienone is 2. The summed E-state index contributed by atoms with van der Waals surface area (Å²) in [6.07, 6.45) is -3.75. The molecule has 2 fully saturated rings. The van der Waals surface area contributed by atoms with Crippen molar-refractivity contribution < 1.29 is 42.4 Å². The number of halogens is 3. The molecular weight excluding hydrogens is 513 g/mol. The van der Waals surface area contributed by atoms with E-state index in [2.05, 4.69) is 6.58 Å². The molecule has 6 nitrogen and oxygen atoms in total. The smallest absolute Gasteiger partial charge is 0.432 e. The monoisotopic (exact) mass is 550 g/mol. The van der Waals surface area contributed by atoms with E-state index in [1.807, 2.05) is 6.92 Å². The maximum atomic E-state index is 14.5. The van der Waals surface area contributed by atoms with Gasteiger partial charge in [0.2, 0.25) is 0 Å². The van der Waals surface area contributed by atoms with Gasteiger partial charge in [-0.3, -0.25) is 4.79 Å². The van der Waals surface area contributed by atoms with Crippen molar-refractivity contribution in [1.29, 1.82) is 0 Å². The first-order valence-corrected chi connectivity index (χ1v) is 13.1. The number of aliphatic hydroxyl groups excluding tert-OH is 1. The Morgan fingerprint density at radius 2 is 1.74 bits per heavy atom. The van der Waals surface area contributed by atoms with Crippen molar-refractivity contribution in [1.82, 2.24) is 0 Å². The van der Waals surface area contributed by atoms with E-state index >= 15 is 0 Å². The molecule has 1 aromatic rings. The maximum Gasteiger partial charge on any atom is 0.432 e. The number of alkyl halides is 3. The third-order valence-electron chi connectivity index (χ3n) is 10.00. The summed E-state index contributed by atoms with van der Waals surface area (Å²) in [7, 11) is 0.795. The highest BCUT2D eigenvalue weighted by Crippen LogP contribution is 2.65. The molecule has 214 valence electrons. The number of aliphatic hydroxyl groups is 2. The largest absolute Gasteiger partial charge is 0.459 e. The lowest BCUT2D eigenvalue weighted by atomic mass is 9.42. The quantitative estimate of drug-likeness (QED) is 0.395. The van der Waals surface area contributed by atoms with E-state index in [0.29, 0.717) is 6.42 Å². The van der Waals surface area contributed by atoms with Gasteiger partial charge in [-0.1, -0.05) is 70.2 Å². The summed E-state index contributed by atoms with van der Waals surface area (Å²) in [5.74, 6) is -2.65. The van der Waals surface area contributed by atoms with Crippen LogP contribution in [0.5, 0.6) is 0 Å². The Labute approximate surface area is 226 Å². The molecule has 0 amide bonds. The van der Waals surface area contributed by atoms with E-state index in [9.17, 15) is 33.0 Å². The van der Waals surface area contributed by atoms with Gasteiger partial charge in [0.25, 0.3) is 5.60 Å². The number of rotatable bonds is 5. The number of carbonyl (C=O) groups excluding carboxylic acids is 2. The number of Topliss-reactive ketones (excluding diaryl/α,β-unsaturated/α-hetero) is 1. The molecule has 0 saturated heterocycles. The predicted molar refractivity (Wildman–Crippen MR) is 137 cm³/mol. The number of esters is 1. The van der Waals surface area contributed by atoms with Gasteiger partial charge in [0.1, 0.15) is 11.7 Å². The molecule has 1 aromatic carbocycles. The second kappa shape index (κ2) is 9.28. The first kappa shape index (κ1) is 29.5. The van der Waals surface area contributed by atoms with Gasteiger partial charge in [-0.2, -0.15) is 13.2 Å². The van der Waals surface area contributed by atoms with Crippen molar-refractivity contribution in [2.45, 2.75) is 83.0 Å². The molecule has 3 aliphatic rings. The number of carbonyl (C=O) groups is 2. The van der Waals surface area contributed by atoms with Crippen LogP contribution in [-0.4, -0.2) is 53.1 Å². The van der Waals surface area contributed by atoms with E-state index in [0.717, 1.165) is 19.2 Å². The van der Waals surface area contributed by atoms with Crippen LogP contribution in [0.25, 0.3) is 0 Å². The Bertz CT molecular complexity index is 1190. The van der Waals surface area contributed by atoms with Crippen molar-refractivity contribution in [2.24, 2.45) is 22.2 Å². The molecule has 0 heterocycles. The topological polar surface area (TPSA) is 93.1 Å². The van der Waals surface area contributed by atoms with Gasteiger partial charge in [0, 0.05) is 47.3 Å². The Kier molecular flexibility index (Phi) is 7.02. The summed E-state index contributed by atoms with van der Waals surface area (Å²) in [6, 6.07) is 6.52. The van der Waals surface area contributed by atoms with Crippen LogP contribution < -0.4 is 0 Å². The van der Waals surface area contributed by atoms with Crippen LogP contribution >= 0.6 is 0 Å². The fraction of sp³-hybridized carbons (Fsp3) is 0.600. The van der Waals surface area contributed by atoms with Crippen molar-refractivity contribution in [3.63, 3.8) is 0 Å². The van der Waals surface area contributed by atoms with Crippen molar-refractivity contribution in [3.8, 4) is 0 Å². The Morgan fingerprint density at radius 1 is 1.13 bits per heavy atom. The molecule has 0 unspecified atom stereocenters. The van der Waals surface area contributed by atoms with Crippen LogP contribution in [-0.2, 0) is 24.7 Å². The Morgan fingerprint density at radius 3 is 2.28 bits per heavy atom. The van der Waals surface area contributed by atoms with Crippen LogP contribution in [0, 0.1) is 22.2 Å². The molecule has 0 aromatic heterocycles. The second-order valence-electron chi connectivity index (χ2n) is 12.3. The zero-order valence-corrected chi connectivity index (χ0v) is 23.0. The summed E-state index contributed by atoms with van der Waals surface area (Å²) in [6.45, 7) is 10.9. The molecule has 2 saturated carbocycles. The fourth-order valence-corrected chi connectivity index (χ4v) is 7.25. The summed E-state index contributed by atoms with van der Waals surface area (Å²) >= 11 is 0. The van der Waals surface area contributed by atoms with Gasteiger partial charge in [0.05, 0.1) is 6.10 Å². The second-order valence-corrected chi connectivity index (χ2v) is 12.3. The van der Waals surface area contributed by atoms with E-state index < -0.39 is 63.3 Å². The molecule has 0 spiro atoms. The van der Waals surface area contributed by atoms with E-state index in [4.69, 9.17) is 9.47 Å². The average Bonchev–Trinajstić information content (AvgIpc) is 2.86. The van der Waals surface area contributed by atoms with E-state index in [1.54, 1.807) is 32.9 Å². The molecule has 39 heavy (non-hydrogen) atoms. The van der Waals surface area contributed by atoms with Gasteiger partial charge >= 0.3 is 12.1 Å². The van der Waals surface area contributed by atoms with Crippen molar-refractivity contribution in [3.05, 3.63) is 60.2 Å². The minimum atomic E-state index is -5.15. The minimum absolute atomic E-state index is 0.0661. The van der Waals surface area contributed by atoms with Crippen LogP contribution in [0.4, 0.5) is 13.2 Å². The number of hydrogen-bond donors (Lipinski definition) is 2. The van der Waals surface area contributed by atoms with Gasteiger partial charge in [-0.15, -0.1) is 6.58 Å². The average molecular weight is 551 g/mol. The summed E-state index contributed by atoms with van der Waals surface area (Å²) in [5.41, 5.74) is -8.04. The summed E-state index contributed by atoms with van der Waals surface area (Å²) in [5, 5.41) is 23.6. The minimum Gasteiger partial charge on any atom is -0.459 e. The van der Waals surface area contributed by atoms with Crippen LogP contribution in [0.15, 0.2) is 54.6 Å². The molecule has 0 aliphatic heterocycles. The van der Waals surface area contributed by atoms with Gasteiger partial charge in [0.15, 0.2) is 5.78 Å². The molecule has 7 atom stereocenters. The highest BCUT2D eigenvalue weighted by Gasteiger charge is 2.71. The van der Waals surface area contributed by atoms with Crippen molar-refractivity contribution >= 4 is 11.8 Å². The highest BCUT2D eigenvalue weighted by atomic mass is 19.4. The number of hydrogen-bond acceptors (Lipinski definition) is 6. The molecular formula is C30H37F3O6. The predicted octanol–water partition coefficient (Wildman–Crippen LogP) is 5.03. The van der Waals surface area contributed by atoms with Crippen LogP contribution in [0.1, 0.15) is 58.9 Å². The van der Waals surface area contributed by atoms with Crippen LogP contribution in [0.3, 0.4) is 0 Å². The highest BCUT2D eigenvalue weighted by molar-refractivity contribution is 5.99. The summed E-state index contributed by atoms with van der Waals surface area (Å²) < 4.78 is 53.9. The van der Waals surface area contributed by atoms with Gasteiger partial charge < -0.3 is 19.7 Å². The van der Waals surface area contributed by atoms with Crippen molar-refractivity contribution in [2.75, 3.05) is 7.11 Å². The van der Waals surface area contributed by atoms with Gasteiger partial charge in [-0.25, -0.2) is 4.79 Å².